The van der Waals surface area contributed by atoms with Crippen LogP contribution in [-0.2, 0) is 12.7 Å². The smallest absolute Gasteiger partial charge is 0.366 e. The van der Waals surface area contributed by atoms with Crippen LogP contribution in [-0.4, -0.2) is 36.3 Å². The van der Waals surface area contributed by atoms with Crippen molar-refractivity contribution in [2.45, 2.75) is 19.6 Å². The number of imidazole rings is 1. The van der Waals surface area contributed by atoms with Crippen molar-refractivity contribution >= 4 is 17.0 Å². The summed E-state index contributed by atoms with van der Waals surface area (Å²) in [6.07, 6.45) is -1.57. The molecule has 0 amide bonds. The van der Waals surface area contributed by atoms with Crippen molar-refractivity contribution in [2.24, 2.45) is 0 Å². The van der Waals surface area contributed by atoms with E-state index in [1.807, 2.05) is 0 Å². The number of nitrogens with one attached hydrogen (secondary N) is 2. The van der Waals surface area contributed by atoms with Gasteiger partial charge in [0, 0.05) is 12.2 Å². The third kappa shape index (κ3) is 2.71. The van der Waals surface area contributed by atoms with E-state index in [9.17, 15) is 13.2 Å². The molecule has 0 aliphatic heterocycles. The largest absolute Gasteiger partial charge is 0.435 e. The van der Waals surface area contributed by atoms with Gasteiger partial charge in [0.05, 0.1) is 12.9 Å². The van der Waals surface area contributed by atoms with Crippen LogP contribution in [0.15, 0.2) is 18.7 Å². The molecule has 0 saturated heterocycles. The number of aromatic amines is 1. The number of hydrogen-bond acceptors (Lipinski definition) is 5. The SMILES string of the molecule is Cc1cc(C(F)(F)F)nn1CCNc1ncnc2nc[nH]c12. The van der Waals surface area contributed by atoms with E-state index in [2.05, 4.69) is 30.4 Å². The average Bonchev–Trinajstić information content (AvgIpc) is 3.06. The van der Waals surface area contributed by atoms with Gasteiger partial charge in [0.15, 0.2) is 17.2 Å². The Bertz CT molecular complexity index is 789. The van der Waals surface area contributed by atoms with E-state index in [0.29, 0.717) is 29.2 Å². The summed E-state index contributed by atoms with van der Waals surface area (Å²) >= 11 is 0. The number of halogens is 3. The summed E-state index contributed by atoms with van der Waals surface area (Å²) in [6.45, 7) is 2.23. The zero-order valence-corrected chi connectivity index (χ0v) is 11.5. The molecule has 3 heterocycles. The summed E-state index contributed by atoms with van der Waals surface area (Å²) in [7, 11) is 0. The fraction of sp³-hybridized carbons (Fsp3) is 0.333. The highest BCUT2D eigenvalue weighted by Gasteiger charge is 2.34. The third-order valence-corrected chi connectivity index (χ3v) is 3.11. The van der Waals surface area contributed by atoms with Gasteiger partial charge in [-0.25, -0.2) is 15.0 Å². The van der Waals surface area contributed by atoms with Crippen molar-refractivity contribution < 1.29 is 13.2 Å². The Hall–Kier alpha value is -2.65. The first-order valence-electron chi connectivity index (χ1n) is 6.45. The average molecular weight is 311 g/mol. The molecule has 0 spiro atoms. The number of rotatable bonds is 4. The molecule has 3 aromatic rings. The molecule has 0 bridgehead atoms. The number of alkyl halides is 3. The van der Waals surface area contributed by atoms with E-state index in [4.69, 9.17) is 0 Å². The van der Waals surface area contributed by atoms with Gasteiger partial charge >= 0.3 is 6.18 Å². The van der Waals surface area contributed by atoms with Gasteiger partial charge in [0.2, 0.25) is 0 Å². The van der Waals surface area contributed by atoms with Crippen LogP contribution in [0.2, 0.25) is 0 Å². The number of aromatic nitrogens is 6. The van der Waals surface area contributed by atoms with E-state index >= 15 is 0 Å². The molecule has 0 aromatic carbocycles. The first-order chi connectivity index (χ1) is 10.4. The third-order valence-electron chi connectivity index (χ3n) is 3.11. The topological polar surface area (TPSA) is 84.3 Å². The molecule has 3 aromatic heterocycles. The van der Waals surface area contributed by atoms with Gasteiger partial charge < -0.3 is 10.3 Å². The van der Waals surface area contributed by atoms with Crippen LogP contribution in [0.5, 0.6) is 0 Å². The summed E-state index contributed by atoms with van der Waals surface area (Å²) in [4.78, 5) is 15.0. The molecule has 0 aliphatic carbocycles. The zero-order chi connectivity index (χ0) is 15.7. The van der Waals surface area contributed by atoms with Crippen molar-refractivity contribution in [3.63, 3.8) is 0 Å². The lowest BCUT2D eigenvalue weighted by Crippen LogP contribution is -2.15. The number of anilines is 1. The molecule has 10 heteroatoms. The Morgan fingerprint density at radius 2 is 2.09 bits per heavy atom. The quantitative estimate of drug-likeness (QED) is 0.770. The lowest BCUT2D eigenvalue weighted by molar-refractivity contribution is -0.141. The summed E-state index contributed by atoms with van der Waals surface area (Å²) in [6, 6.07) is 1.03. The van der Waals surface area contributed by atoms with Crippen LogP contribution in [0.3, 0.4) is 0 Å². The van der Waals surface area contributed by atoms with Gasteiger partial charge in [-0.05, 0) is 13.0 Å². The minimum Gasteiger partial charge on any atom is -0.366 e. The highest BCUT2D eigenvalue weighted by atomic mass is 19.4. The van der Waals surface area contributed by atoms with Gasteiger partial charge in [-0.15, -0.1) is 0 Å². The standard InChI is InChI=1S/C12H12F3N7/c1-7-4-8(12(13,14)15)21-22(7)3-2-16-10-9-11(18-5-17-9)20-6-19-10/h4-6H,2-3H2,1H3,(H2,16,17,18,19,20). The Morgan fingerprint density at radius 3 is 2.82 bits per heavy atom. The van der Waals surface area contributed by atoms with Crippen LogP contribution in [0.1, 0.15) is 11.4 Å². The second-order valence-corrected chi connectivity index (χ2v) is 4.64. The van der Waals surface area contributed by atoms with Gasteiger partial charge in [-0.2, -0.15) is 18.3 Å². The Kier molecular flexibility index (Phi) is 3.43. The number of hydrogen-bond donors (Lipinski definition) is 2. The van der Waals surface area contributed by atoms with Crippen molar-refractivity contribution in [3.05, 3.63) is 30.1 Å². The molecule has 7 nitrogen and oxygen atoms in total. The van der Waals surface area contributed by atoms with Gasteiger partial charge in [0.1, 0.15) is 11.8 Å². The second kappa shape index (κ2) is 5.28. The maximum absolute atomic E-state index is 12.6. The van der Waals surface area contributed by atoms with Gasteiger partial charge in [-0.1, -0.05) is 0 Å². The monoisotopic (exact) mass is 311 g/mol. The zero-order valence-electron chi connectivity index (χ0n) is 11.5. The lowest BCUT2D eigenvalue weighted by Gasteiger charge is -2.07. The summed E-state index contributed by atoms with van der Waals surface area (Å²) < 4.78 is 39.1. The maximum atomic E-state index is 12.6. The first kappa shape index (κ1) is 14.3. The van der Waals surface area contributed by atoms with E-state index in [0.717, 1.165) is 6.07 Å². The summed E-state index contributed by atoms with van der Waals surface area (Å²) in [5, 5.41) is 6.60. The number of aryl methyl sites for hydroxylation is 1. The van der Waals surface area contributed by atoms with Gasteiger partial charge in [-0.3, -0.25) is 4.68 Å². The Morgan fingerprint density at radius 1 is 1.27 bits per heavy atom. The van der Waals surface area contributed by atoms with Crippen molar-refractivity contribution in [3.8, 4) is 0 Å². The molecule has 0 unspecified atom stereocenters. The first-order valence-corrected chi connectivity index (χ1v) is 6.45. The van der Waals surface area contributed by atoms with E-state index in [1.165, 1.54) is 17.3 Å². The predicted octanol–water partition coefficient (Wildman–Crippen LogP) is 1.99. The fourth-order valence-electron chi connectivity index (χ4n) is 2.05. The molecule has 116 valence electrons. The van der Waals surface area contributed by atoms with Crippen LogP contribution < -0.4 is 5.32 Å². The minimum absolute atomic E-state index is 0.279. The van der Waals surface area contributed by atoms with Crippen molar-refractivity contribution in [2.75, 3.05) is 11.9 Å². The predicted molar refractivity (Wildman–Crippen MR) is 72.1 cm³/mol. The maximum Gasteiger partial charge on any atom is 0.435 e. The molecule has 0 saturated carbocycles. The number of H-pyrrole nitrogens is 1. The fourth-order valence-corrected chi connectivity index (χ4v) is 2.05. The van der Waals surface area contributed by atoms with Crippen molar-refractivity contribution in [1.29, 1.82) is 0 Å². The molecule has 0 fully saturated rings. The second-order valence-electron chi connectivity index (χ2n) is 4.64. The highest BCUT2D eigenvalue weighted by Crippen LogP contribution is 2.28. The molecular formula is C12H12F3N7. The molecule has 3 rings (SSSR count). The minimum atomic E-state index is -4.43. The van der Waals surface area contributed by atoms with Gasteiger partial charge in [0.25, 0.3) is 0 Å². The van der Waals surface area contributed by atoms with Crippen LogP contribution in [0.4, 0.5) is 19.0 Å². The van der Waals surface area contributed by atoms with E-state index < -0.39 is 11.9 Å². The van der Waals surface area contributed by atoms with E-state index in [-0.39, 0.29) is 6.54 Å². The Balaban J connectivity index is 1.69. The molecule has 0 radical (unpaired) electrons. The lowest BCUT2D eigenvalue weighted by atomic mass is 10.3. The number of nitrogens with zero attached hydrogens (tertiary/aromatic N) is 5. The summed E-state index contributed by atoms with van der Waals surface area (Å²) in [5.41, 5.74) is 0.731. The molecule has 22 heavy (non-hydrogen) atoms. The Labute approximate surface area is 122 Å². The van der Waals surface area contributed by atoms with Crippen LogP contribution >= 0.6 is 0 Å². The van der Waals surface area contributed by atoms with Crippen molar-refractivity contribution in [1.82, 2.24) is 29.7 Å². The number of fused-ring (bicyclic) bond motifs is 1. The highest BCUT2D eigenvalue weighted by molar-refractivity contribution is 5.81. The molecule has 0 atom stereocenters. The van der Waals surface area contributed by atoms with Crippen LogP contribution in [0.25, 0.3) is 11.2 Å². The molecular weight excluding hydrogens is 299 g/mol. The normalized spacial score (nSPS) is 12.0. The van der Waals surface area contributed by atoms with Crippen LogP contribution in [0, 0.1) is 6.92 Å². The van der Waals surface area contributed by atoms with E-state index in [1.54, 1.807) is 6.92 Å². The molecule has 0 aliphatic rings. The molecule has 2 N–H and O–H groups in total. The summed E-state index contributed by atoms with van der Waals surface area (Å²) in [5.74, 6) is 0.545.